The molecule has 1 unspecified atom stereocenters. The van der Waals surface area contributed by atoms with Crippen LogP contribution in [0.2, 0.25) is 0 Å². The summed E-state index contributed by atoms with van der Waals surface area (Å²) in [6, 6.07) is 0. The molecule has 4 heteroatoms. The Labute approximate surface area is 84.9 Å². The van der Waals surface area contributed by atoms with E-state index in [1.807, 2.05) is 13.8 Å². The summed E-state index contributed by atoms with van der Waals surface area (Å²) in [5.74, 6) is 0.863. The standard InChI is InChI=1S/C10H19N3O/c1-4-10(3,14-5-2)9-12-7-8(6-11)13-9/h7H,4-6,11H2,1-3H3,(H,12,13). The molecular weight excluding hydrogens is 178 g/mol. The predicted octanol–water partition coefficient (Wildman–Crippen LogP) is 1.53. The summed E-state index contributed by atoms with van der Waals surface area (Å²) in [7, 11) is 0. The highest BCUT2D eigenvalue weighted by Gasteiger charge is 2.27. The molecule has 14 heavy (non-hydrogen) atoms. The van der Waals surface area contributed by atoms with Gasteiger partial charge in [0.1, 0.15) is 11.4 Å². The molecule has 80 valence electrons. The molecule has 0 radical (unpaired) electrons. The van der Waals surface area contributed by atoms with E-state index in [4.69, 9.17) is 10.5 Å². The van der Waals surface area contributed by atoms with E-state index in [-0.39, 0.29) is 5.60 Å². The maximum absolute atomic E-state index is 5.69. The van der Waals surface area contributed by atoms with Crippen LogP contribution in [0.3, 0.4) is 0 Å². The molecule has 0 amide bonds. The molecule has 0 saturated carbocycles. The molecule has 0 aromatic carbocycles. The second-order valence-corrected chi connectivity index (χ2v) is 3.48. The number of hydrogen-bond donors (Lipinski definition) is 2. The Morgan fingerprint density at radius 1 is 1.57 bits per heavy atom. The fraction of sp³-hybridized carbons (Fsp3) is 0.700. The van der Waals surface area contributed by atoms with Gasteiger partial charge in [0, 0.05) is 25.0 Å². The van der Waals surface area contributed by atoms with Crippen LogP contribution in [-0.2, 0) is 16.9 Å². The Hall–Kier alpha value is -0.870. The van der Waals surface area contributed by atoms with E-state index in [9.17, 15) is 0 Å². The van der Waals surface area contributed by atoms with Gasteiger partial charge >= 0.3 is 0 Å². The number of ether oxygens (including phenoxy) is 1. The SMILES string of the molecule is CCOC(C)(CC)c1ncc(CN)[nH]1. The second-order valence-electron chi connectivity index (χ2n) is 3.48. The van der Waals surface area contributed by atoms with E-state index >= 15 is 0 Å². The van der Waals surface area contributed by atoms with Gasteiger partial charge in [-0.2, -0.15) is 0 Å². The Morgan fingerprint density at radius 3 is 2.71 bits per heavy atom. The predicted molar refractivity (Wildman–Crippen MR) is 55.7 cm³/mol. The third-order valence-corrected chi connectivity index (χ3v) is 2.49. The molecule has 0 bridgehead atoms. The van der Waals surface area contributed by atoms with Gasteiger partial charge in [0.15, 0.2) is 0 Å². The average molecular weight is 197 g/mol. The molecule has 0 saturated heterocycles. The Morgan fingerprint density at radius 2 is 2.29 bits per heavy atom. The first-order valence-corrected chi connectivity index (χ1v) is 5.04. The van der Waals surface area contributed by atoms with Crippen molar-refractivity contribution < 1.29 is 4.74 Å². The highest BCUT2D eigenvalue weighted by atomic mass is 16.5. The summed E-state index contributed by atoms with van der Waals surface area (Å²) in [5.41, 5.74) is 6.14. The first kappa shape index (κ1) is 11.2. The first-order valence-electron chi connectivity index (χ1n) is 5.04. The van der Waals surface area contributed by atoms with Crippen LogP contribution in [-0.4, -0.2) is 16.6 Å². The molecule has 4 nitrogen and oxygen atoms in total. The highest BCUT2D eigenvalue weighted by molar-refractivity contribution is 5.07. The maximum Gasteiger partial charge on any atom is 0.138 e. The number of H-pyrrole nitrogens is 1. The number of aromatic nitrogens is 2. The number of hydrogen-bond acceptors (Lipinski definition) is 3. The number of nitrogens with zero attached hydrogens (tertiary/aromatic N) is 1. The zero-order valence-electron chi connectivity index (χ0n) is 9.13. The molecule has 0 aliphatic carbocycles. The summed E-state index contributed by atoms with van der Waals surface area (Å²) < 4.78 is 5.69. The van der Waals surface area contributed by atoms with Crippen molar-refractivity contribution in [2.75, 3.05) is 6.61 Å². The van der Waals surface area contributed by atoms with E-state index < -0.39 is 0 Å². The van der Waals surface area contributed by atoms with Crippen LogP contribution < -0.4 is 5.73 Å². The topological polar surface area (TPSA) is 63.9 Å². The number of rotatable bonds is 5. The first-order chi connectivity index (χ1) is 6.66. The zero-order valence-corrected chi connectivity index (χ0v) is 9.13. The molecule has 3 N–H and O–H groups in total. The van der Waals surface area contributed by atoms with Crippen LogP contribution in [0.1, 0.15) is 38.7 Å². The van der Waals surface area contributed by atoms with Crippen molar-refractivity contribution in [2.24, 2.45) is 5.73 Å². The Balaban J connectivity index is 2.87. The van der Waals surface area contributed by atoms with Crippen LogP contribution in [0, 0.1) is 0 Å². The molecular formula is C10H19N3O. The molecule has 0 spiro atoms. The van der Waals surface area contributed by atoms with Crippen molar-refractivity contribution in [3.05, 3.63) is 17.7 Å². The summed E-state index contributed by atoms with van der Waals surface area (Å²) in [6.07, 6.45) is 2.65. The van der Waals surface area contributed by atoms with Crippen LogP contribution in [0.4, 0.5) is 0 Å². The lowest BCUT2D eigenvalue weighted by molar-refractivity contribution is -0.0385. The lowest BCUT2D eigenvalue weighted by atomic mass is 10.0. The van der Waals surface area contributed by atoms with E-state index in [0.717, 1.165) is 17.9 Å². The smallest absolute Gasteiger partial charge is 0.138 e. The Bertz CT molecular complexity index is 285. The molecule has 1 rings (SSSR count). The van der Waals surface area contributed by atoms with Gasteiger partial charge in [-0.25, -0.2) is 4.98 Å². The average Bonchev–Trinajstić information content (AvgIpc) is 2.66. The zero-order chi connectivity index (χ0) is 10.6. The number of nitrogens with one attached hydrogen (secondary N) is 1. The Kier molecular flexibility index (Phi) is 3.66. The second kappa shape index (κ2) is 4.57. The lowest BCUT2D eigenvalue weighted by Crippen LogP contribution is -2.26. The molecule has 1 aromatic rings. The summed E-state index contributed by atoms with van der Waals surface area (Å²) in [5, 5.41) is 0. The third kappa shape index (κ3) is 2.13. The van der Waals surface area contributed by atoms with Crippen molar-refractivity contribution in [3.8, 4) is 0 Å². The van der Waals surface area contributed by atoms with Gasteiger partial charge in [0.2, 0.25) is 0 Å². The fourth-order valence-electron chi connectivity index (χ4n) is 1.39. The fourth-order valence-corrected chi connectivity index (χ4v) is 1.39. The number of imidazole rings is 1. The molecule has 0 fully saturated rings. The van der Waals surface area contributed by atoms with Gasteiger partial charge in [-0.05, 0) is 20.3 Å². The quantitative estimate of drug-likeness (QED) is 0.752. The van der Waals surface area contributed by atoms with E-state index in [1.54, 1.807) is 6.20 Å². The molecule has 1 heterocycles. The molecule has 1 aromatic heterocycles. The van der Waals surface area contributed by atoms with Crippen LogP contribution in [0.15, 0.2) is 6.20 Å². The third-order valence-electron chi connectivity index (χ3n) is 2.49. The van der Waals surface area contributed by atoms with Crippen molar-refractivity contribution >= 4 is 0 Å². The van der Waals surface area contributed by atoms with Crippen molar-refractivity contribution in [3.63, 3.8) is 0 Å². The van der Waals surface area contributed by atoms with Crippen molar-refractivity contribution in [2.45, 2.75) is 39.3 Å². The summed E-state index contributed by atoms with van der Waals surface area (Å²) in [6.45, 7) is 7.28. The number of aromatic amines is 1. The molecule has 0 aliphatic heterocycles. The van der Waals surface area contributed by atoms with Gasteiger partial charge in [0.25, 0.3) is 0 Å². The summed E-state index contributed by atoms with van der Waals surface area (Å²) >= 11 is 0. The normalized spacial score (nSPS) is 15.4. The maximum atomic E-state index is 5.69. The van der Waals surface area contributed by atoms with Crippen LogP contribution in [0.5, 0.6) is 0 Å². The van der Waals surface area contributed by atoms with Gasteiger partial charge in [-0.15, -0.1) is 0 Å². The monoisotopic (exact) mass is 197 g/mol. The largest absolute Gasteiger partial charge is 0.368 e. The van der Waals surface area contributed by atoms with Gasteiger partial charge in [-0.1, -0.05) is 6.92 Å². The summed E-state index contributed by atoms with van der Waals surface area (Å²) in [4.78, 5) is 7.47. The minimum atomic E-state index is -0.317. The van der Waals surface area contributed by atoms with E-state index in [0.29, 0.717) is 13.2 Å². The van der Waals surface area contributed by atoms with Gasteiger partial charge < -0.3 is 15.5 Å². The van der Waals surface area contributed by atoms with Crippen LogP contribution >= 0.6 is 0 Å². The highest BCUT2D eigenvalue weighted by Crippen LogP contribution is 2.26. The minimum Gasteiger partial charge on any atom is -0.368 e. The van der Waals surface area contributed by atoms with E-state index in [1.165, 1.54) is 0 Å². The molecule has 1 atom stereocenters. The van der Waals surface area contributed by atoms with Gasteiger partial charge in [0.05, 0.1) is 0 Å². The molecule has 0 aliphatic rings. The van der Waals surface area contributed by atoms with Crippen molar-refractivity contribution in [1.82, 2.24) is 9.97 Å². The van der Waals surface area contributed by atoms with Crippen molar-refractivity contribution in [1.29, 1.82) is 0 Å². The van der Waals surface area contributed by atoms with E-state index in [2.05, 4.69) is 16.9 Å². The lowest BCUT2D eigenvalue weighted by Gasteiger charge is -2.25. The minimum absolute atomic E-state index is 0.317. The van der Waals surface area contributed by atoms with Crippen LogP contribution in [0.25, 0.3) is 0 Å². The number of nitrogens with two attached hydrogens (primary N) is 1. The van der Waals surface area contributed by atoms with Gasteiger partial charge in [-0.3, -0.25) is 0 Å².